The Kier molecular flexibility index (Phi) is 5.37. The van der Waals surface area contributed by atoms with E-state index in [9.17, 15) is 9.59 Å². The fourth-order valence-electron chi connectivity index (χ4n) is 2.92. The molecular weight excluding hydrogens is 408 g/mol. The molecule has 2 aliphatic heterocycles. The molecule has 0 unspecified atom stereocenters. The number of nitrogens with zero attached hydrogens (tertiary/aromatic N) is 2. The minimum Gasteiger partial charge on any atom is -0.496 e. The van der Waals surface area contributed by atoms with Gasteiger partial charge in [-0.2, -0.15) is 0 Å². The molecule has 0 spiro atoms. The summed E-state index contributed by atoms with van der Waals surface area (Å²) in [6.07, 6.45) is 1.74. The number of hydrogen-bond acceptors (Lipinski definition) is 8. The number of methoxy groups -OCH3 is 2. The highest BCUT2D eigenvalue weighted by Gasteiger charge is 2.31. The van der Waals surface area contributed by atoms with Gasteiger partial charge in [-0.3, -0.25) is 9.69 Å². The molecule has 4 rings (SSSR count). The minimum absolute atomic E-state index is 0.153. The lowest BCUT2D eigenvalue weighted by Gasteiger charge is -2.08. The molecule has 0 aromatic heterocycles. The van der Waals surface area contributed by atoms with E-state index in [0.29, 0.717) is 44.1 Å². The summed E-state index contributed by atoms with van der Waals surface area (Å²) in [4.78, 5) is 30.8. The zero-order valence-electron chi connectivity index (χ0n) is 16.5. The molecule has 30 heavy (non-hydrogen) atoms. The van der Waals surface area contributed by atoms with Gasteiger partial charge in [0.05, 0.1) is 30.4 Å². The second kappa shape index (κ2) is 8.11. The van der Waals surface area contributed by atoms with E-state index in [1.165, 1.54) is 23.8 Å². The van der Waals surface area contributed by atoms with Gasteiger partial charge in [-0.15, -0.1) is 0 Å². The summed E-state index contributed by atoms with van der Waals surface area (Å²) in [7, 11) is 4.55. The Morgan fingerprint density at radius 1 is 1.17 bits per heavy atom. The third kappa shape index (κ3) is 3.71. The van der Waals surface area contributed by atoms with Gasteiger partial charge in [0.1, 0.15) is 5.75 Å². The molecule has 0 aliphatic carbocycles. The van der Waals surface area contributed by atoms with Gasteiger partial charge in [-0.05, 0) is 48.2 Å². The van der Waals surface area contributed by atoms with Crippen molar-refractivity contribution in [2.45, 2.75) is 0 Å². The molecule has 0 saturated carbocycles. The van der Waals surface area contributed by atoms with Gasteiger partial charge in [-0.1, -0.05) is 0 Å². The maximum atomic E-state index is 12.7. The molecule has 2 aliphatic rings. The molecule has 0 N–H and O–H groups in total. The SMILES string of the molecule is COC(=O)c1ccc(N=C2S/C(=C\c3cc4c(cc3OC)OCO4)C(=O)N2C)cc1. The molecule has 0 bridgehead atoms. The Bertz CT molecular complexity index is 1080. The van der Waals surface area contributed by atoms with E-state index in [1.807, 2.05) is 0 Å². The molecule has 0 atom stereocenters. The monoisotopic (exact) mass is 426 g/mol. The van der Waals surface area contributed by atoms with Crippen molar-refractivity contribution in [3.05, 3.63) is 52.4 Å². The molecule has 1 saturated heterocycles. The normalized spacial score (nSPS) is 17.7. The number of rotatable bonds is 4. The molecule has 2 aromatic carbocycles. The van der Waals surface area contributed by atoms with Crippen LogP contribution in [0, 0.1) is 0 Å². The Morgan fingerprint density at radius 3 is 2.53 bits per heavy atom. The summed E-state index contributed by atoms with van der Waals surface area (Å²) in [5, 5.41) is 0.525. The number of aliphatic imine (C=N–C) groups is 1. The highest BCUT2D eigenvalue weighted by molar-refractivity contribution is 8.18. The highest BCUT2D eigenvalue weighted by atomic mass is 32.2. The molecule has 1 amide bonds. The van der Waals surface area contributed by atoms with Crippen LogP contribution in [0.2, 0.25) is 0 Å². The number of carbonyl (C=O) groups excluding carboxylic acids is 2. The first-order valence-corrected chi connectivity index (χ1v) is 9.74. The quantitative estimate of drug-likeness (QED) is 0.547. The van der Waals surface area contributed by atoms with Crippen LogP contribution in [0.25, 0.3) is 6.08 Å². The van der Waals surface area contributed by atoms with Crippen LogP contribution in [0.4, 0.5) is 5.69 Å². The molecule has 1 fully saturated rings. The van der Waals surface area contributed by atoms with Crippen molar-refractivity contribution in [1.29, 1.82) is 0 Å². The number of esters is 1. The van der Waals surface area contributed by atoms with Crippen molar-refractivity contribution in [2.75, 3.05) is 28.1 Å². The van der Waals surface area contributed by atoms with Gasteiger partial charge in [0.15, 0.2) is 16.7 Å². The first-order chi connectivity index (χ1) is 14.5. The third-order valence-corrected chi connectivity index (χ3v) is 5.59. The largest absolute Gasteiger partial charge is 0.496 e. The standard InChI is InChI=1S/C21H18N2O6S/c1-23-19(24)18(9-13-8-16-17(29-11-28-16)10-15(13)26-2)30-21(23)22-14-6-4-12(5-7-14)20(25)27-3/h4-10H,11H2,1-3H3/b18-9-,22-21?. The summed E-state index contributed by atoms with van der Waals surface area (Å²) >= 11 is 1.25. The van der Waals surface area contributed by atoms with Crippen molar-refractivity contribution in [3.8, 4) is 17.2 Å². The average Bonchev–Trinajstić information content (AvgIpc) is 3.33. The number of amidine groups is 1. The second-order valence-corrected chi connectivity index (χ2v) is 7.36. The summed E-state index contributed by atoms with van der Waals surface area (Å²) in [5.74, 6) is 1.19. The predicted octanol–water partition coefficient (Wildman–Crippen LogP) is 3.44. The number of thioether (sulfide) groups is 1. The Hall–Kier alpha value is -3.46. The number of carbonyl (C=O) groups is 2. The molecule has 154 valence electrons. The zero-order chi connectivity index (χ0) is 21.3. The van der Waals surface area contributed by atoms with E-state index in [0.717, 1.165) is 0 Å². The first-order valence-electron chi connectivity index (χ1n) is 8.92. The molecule has 0 radical (unpaired) electrons. The number of hydrogen-bond donors (Lipinski definition) is 0. The Morgan fingerprint density at radius 2 is 1.87 bits per heavy atom. The number of benzene rings is 2. The van der Waals surface area contributed by atoms with Crippen molar-refractivity contribution in [3.63, 3.8) is 0 Å². The van der Waals surface area contributed by atoms with E-state index in [4.69, 9.17) is 18.9 Å². The van der Waals surface area contributed by atoms with Gasteiger partial charge in [0.25, 0.3) is 5.91 Å². The number of ether oxygens (including phenoxy) is 4. The summed E-state index contributed by atoms with van der Waals surface area (Å²) in [5.41, 5.74) is 1.75. The maximum absolute atomic E-state index is 12.7. The number of fused-ring (bicyclic) bond motifs is 1. The van der Waals surface area contributed by atoms with E-state index >= 15 is 0 Å². The van der Waals surface area contributed by atoms with Crippen LogP contribution >= 0.6 is 11.8 Å². The van der Waals surface area contributed by atoms with Crippen molar-refractivity contribution in [2.24, 2.45) is 4.99 Å². The lowest BCUT2D eigenvalue weighted by molar-refractivity contribution is -0.121. The fraction of sp³-hybridized carbons (Fsp3) is 0.190. The fourth-order valence-corrected chi connectivity index (χ4v) is 3.90. The van der Waals surface area contributed by atoms with Gasteiger partial charge in [-0.25, -0.2) is 9.79 Å². The third-order valence-electron chi connectivity index (χ3n) is 4.53. The van der Waals surface area contributed by atoms with Crippen LogP contribution in [-0.2, 0) is 9.53 Å². The average molecular weight is 426 g/mol. The van der Waals surface area contributed by atoms with E-state index in [1.54, 1.807) is 56.6 Å². The Labute approximate surface area is 177 Å². The number of amides is 1. The maximum Gasteiger partial charge on any atom is 0.337 e. The topological polar surface area (TPSA) is 86.7 Å². The van der Waals surface area contributed by atoms with Crippen LogP contribution in [-0.4, -0.2) is 50.0 Å². The smallest absolute Gasteiger partial charge is 0.337 e. The summed E-state index contributed by atoms with van der Waals surface area (Å²) in [6.45, 7) is 0.153. The lowest BCUT2D eigenvalue weighted by Crippen LogP contribution is -2.23. The van der Waals surface area contributed by atoms with Crippen molar-refractivity contribution in [1.82, 2.24) is 4.90 Å². The summed E-state index contributed by atoms with van der Waals surface area (Å²) < 4.78 is 20.9. The number of likely N-dealkylation sites (N-methyl/N-ethyl adjacent to an activating group) is 1. The van der Waals surface area contributed by atoms with E-state index in [2.05, 4.69) is 4.99 Å². The highest BCUT2D eigenvalue weighted by Crippen LogP contribution is 2.41. The second-order valence-electron chi connectivity index (χ2n) is 6.36. The Balaban J connectivity index is 1.61. The molecule has 8 nitrogen and oxygen atoms in total. The first kappa shape index (κ1) is 19.8. The van der Waals surface area contributed by atoms with Gasteiger partial charge in [0, 0.05) is 18.7 Å². The molecule has 2 aromatic rings. The van der Waals surface area contributed by atoms with Crippen LogP contribution in [0.15, 0.2) is 46.3 Å². The van der Waals surface area contributed by atoms with E-state index in [-0.39, 0.29) is 12.7 Å². The van der Waals surface area contributed by atoms with Gasteiger partial charge in [0.2, 0.25) is 6.79 Å². The zero-order valence-corrected chi connectivity index (χ0v) is 17.3. The van der Waals surface area contributed by atoms with Gasteiger partial charge >= 0.3 is 5.97 Å². The van der Waals surface area contributed by atoms with Crippen LogP contribution in [0.5, 0.6) is 17.2 Å². The molecule has 9 heteroatoms. The lowest BCUT2D eigenvalue weighted by atomic mass is 10.1. The van der Waals surface area contributed by atoms with Crippen LogP contribution in [0.1, 0.15) is 15.9 Å². The molecule has 2 heterocycles. The van der Waals surface area contributed by atoms with Crippen molar-refractivity contribution < 1.29 is 28.5 Å². The van der Waals surface area contributed by atoms with Crippen molar-refractivity contribution >= 4 is 40.6 Å². The minimum atomic E-state index is -0.417. The molecular formula is C21H18N2O6S. The van der Waals surface area contributed by atoms with Crippen LogP contribution < -0.4 is 14.2 Å². The van der Waals surface area contributed by atoms with E-state index < -0.39 is 5.97 Å². The summed E-state index contributed by atoms with van der Waals surface area (Å²) in [6, 6.07) is 10.2. The predicted molar refractivity (Wildman–Crippen MR) is 112 cm³/mol. The van der Waals surface area contributed by atoms with Gasteiger partial charge < -0.3 is 18.9 Å². The van der Waals surface area contributed by atoms with Crippen LogP contribution in [0.3, 0.4) is 0 Å².